The lowest BCUT2D eigenvalue weighted by Gasteiger charge is -2.13. The molecular weight excluding hydrogens is 230 g/mol. The van der Waals surface area contributed by atoms with E-state index in [-0.39, 0.29) is 18.4 Å². The number of hydrogen-bond donors (Lipinski definition) is 2. The molecule has 2 aromatic rings. The van der Waals surface area contributed by atoms with Crippen molar-refractivity contribution >= 4 is 16.9 Å². The van der Waals surface area contributed by atoms with Crippen LogP contribution in [0.1, 0.15) is 18.2 Å². The highest BCUT2D eigenvalue weighted by molar-refractivity contribution is 5.80. The van der Waals surface area contributed by atoms with Gasteiger partial charge in [0.05, 0.1) is 17.6 Å². The number of amides is 1. The average Bonchev–Trinajstić information content (AvgIpc) is 2.94. The number of nitrogens with one attached hydrogen (secondary N) is 1. The van der Waals surface area contributed by atoms with E-state index < -0.39 is 0 Å². The molecular formula is C13H15N3O2. The molecule has 0 saturated carbocycles. The van der Waals surface area contributed by atoms with Gasteiger partial charge >= 0.3 is 0 Å². The Bertz CT molecular complexity index is 545. The molecule has 0 aliphatic carbocycles. The first kappa shape index (κ1) is 11.2. The molecule has 1 atom stereocenters. The molecule has 0 spiro atoms. The van der Waals surface area contributed by atoms with E-state index in [1.807, 2.05) is 24.3 Å². The number of imidazole rings is 1. The molecule has 5 heteroatoms. The lowest BCUT2D eigenvalue weighted by atomic mass is 10.1. The van der Waals surface area contributed by atoms with Gasteiger partial charge in [0.25, 0.3) is 0 Å². The number of fused-ring (bicyclic) bond motifs is 1. The van der Waals surface area contributed by atoms with Crippen molar-refractivity contribution in [2.24, 2.45) is 0 Å². The summed E-state index contributed by atoms with van der Waals surface area (Å²) in [7, 11) is 0. The minimum Gasteiger partial charge on any atom is -0.395 e. The van der Waals surface area contributed by atoms with Crippen LogP contribution in [0.3, 0.4) is 0 Å². The Kier molecular flexibility index (Phi) is 2.76. The minimum absolute atomic E-state index is 0.0125. The predicted molar refractivity (Wildman–Crippen MR) is 67.1 cm³/mol. The quantitative estimate of drug-likeness (QED) is 0.843. The van der Waals surface area contributed by atoms with Crippen LogP contribution in [-0.4, -0.2) is 45.6 Å². The zero-order valence-electron chi connectivity index (χ0n) is 9.97. The topological polar surface area (TPSA) is 69.2 Å². The van der Waals surface area contributed by atoms with E-state index in [1.54, 1.807) is 4.90 Å². The number of likely N-dealkylation sites (tertiary alicyclic amines) is 1. The number of H-pyrrole nitrogens is 1. The van der Waals surface area contributed by atoms with Crippen molar-refractivity contribution in [1.29, 1.82) is 0 Å². The number of rotatable bonds is 3. The molecule has 0 bridgehead atoms. The second-order valence-electron chi connectivity index (χ2n) is 4.60. The van der Waals surface area contributed by atoms with E-state index in [9.17, 15) is 4.79 Å². The van der Waals surface area contributed by atoms with E-state index in [0.29, 0.717) is 19.5 Å². The van der Waals surface area contributed by atoms with Gasteiger partial charge in [0, 0.05) is 25.4 Å². The van der Waals surface area contributed by atoms with Gasteiger partial charge in [-0.3, -0.25) is 4.79 Å². The summed E-state index contributed by atoms with van der Waals surface area (Å²) >= 11 is 0. The lowest BCUT2D eigenvalue weighted by Crippen LogP contribution is -2.28. The van der Waals surface area contributed by atoms with Gasteiger partial charge in [0.2, 0.25) is 5.91 Å². The van der Waals surface area contributed by atoms with Crippen LogP contribution in [0.5, 0.6) is 0 Å². The number of hydrogen-bond acceptors (Lipinski definition) is 3. The first-order chi connectivity index (χ1) is 8.78. The second-order valence-corrected chi connectivity index (χ2v) is 4.60. The number of nitrogens with zero attached hydrogens (tertiary/aromatic N) is 2. The summed E-state index contributed by atoms with van der Waals surface area (Å²) in [6.45, 7) is 1.06. The van der Waals surface area contributed by atoms with Crippen molar-refractivity contribution in [2.45, 2.75) is 12.3 Å². The van der Waals surface area contributed by atoms with Gasteiger partial charge < -0.3 is 15.0 Å². The van der Waals surface area contributed by atoms with Crippen molar-refractivity contribution in [3.63, 3.8) is 0 Å². The molecule has 5 nitrogen and oxygen atoms in total. The van der Waals surface area contributed by atoms with Crippen molar-refractivity contribution < 1.29 is 9.90 Å². The summed E-state index contributed by atoms with van der Waals surface area (Å²) in [5.74, 6) is 1.07. The number of benzene rings is 1. The van der Waals surface area contributed by atoms with Gasteiger partial charge in [-0.2, -0.15) is 0 Å². The number of carbonyl (C=O) groups excluding carboxylic acids is 1. The van der Waals surface area contributed by atoms with Gasteiger partial charge in [0.1, 0.15) is 5.82 Å². The van der Waals surface area contributed by atoms with Crippen LogP contribution < -0.4 is 0 Å². The van der Waals surface area contributed by atoms with Crippen LogP contribution in [-0.2, 0) is 4.79 Å². The Morgan fingerprint density at radius 3 is 3.06 bits per heavy atom. The molecule has 18 heavy (non-hydrogen) atoms. The Morgan fingerprint density at radius 2 is 2.28 bits per heavy atom. The van der Waals surface area contributed by atoms with Gasteiger partial charge in [-0.25, -0.2) is 4.98 Å². The molecule has 2 N–H and O–H groups in total. The van der Waals surface area contributed by atoms with E-state index in [4.69, 9.17) is 5.11 Å². The molecule has 2 heterocycles. The maximum atomic E-state index is 11.7. The zero-order chi connectivity index (χ0) is 12.5. The smallest absolute Gasteiger partial charge is 0.223 e. The molecule has 1 aliphatic rings. The SMILES string of the molecule is O=C1CC(c2nc3ccccc3[nH]2)CN1CCO. The minimum atomic E-state index is 0.0125. The number of aliphatic hydroxyl groups is 1. The van der Waals surface area contributed by atoms with Crippen LogP contribution in [0.4, 0.5) is 0 Å². The third-order valence-electron chi connectivity index (χ3n) is 3.38. The fraction of sp³-hybridized carbons (Fsp3) is 0.385. The third kappa shape index (κ3) is 1.86. The van der Waals surface area contributed by atoms with E-state index in [2.05, 4.69) is 9.97 Å². The number of aromatic amines is 1. The first-order valence-electron chi connectivity index (χ1n) is 6.11. The normalized spacial score (nSPS) is 19.9. The summed E-state index contributed by atoms with van der Waals surface area (Å²) in [5, 5.41) is 8.90. The molecule has 1 aromatic heterocycles. The Hall–Kier alpha value is -1.88. The summed E-state index contributed by atoms with van der Waals surface area (Å²) in [6.07, 6.45) is 0.472. The largest absolute Gasteiger partial charge is 0.395 e. The van der Waals surface area contributed by atoms with Gasteiger partial charge in [-0.05, 0) is 12.1 Å². The van der Waals surface area contributed by atoms with E-state index in [1.165, 1.54) is 0 Å². The Morgan fingerprint density at radius 1 is 1.44 bits per heavy atom. The number of carbonyl (C=O) groups is 1. The highest BCUT2D eigenvalue weighted by atomic mass is 16.3. The molecule has 1 unspecified atom stereocenters. The summed E-state index contributed by atoms with van der Waals surface area (Å²) in [6, 6.07) is 7.85. The van der Waals surface area contributed by atoms with Gasteiger partial charge in [-0.1, -0.05) is 12.1 Å². The number of para-hydroxylation sites is 2. The summed E-state index contributed by atoms with van der Waals surface area (Å²) in [4.78, 5) is 21.2. The highest BCUT2D eigenvalue weighted by Crippen LogP contribution is 2.27. The predicted octanol–water partition coefficient (Wildman–Crippen LogP) is 0.871. The van der Waals surface area contributed by atoms with Gasteiger partial charge in [0.15, 0.2) is 0 Å². The van der Waals surface area contributed by atoms with Crippen LogP contribution >= 0.6 is 0 Å². The van der Waals surface area contributed by atoms with Crippen LogP contribution in [0.15, 0.2) is 24.3 Å². The Balaban J connectivity index is 1.85. The molecule has 1 aromatic carbocycles. The molecule has 0 radical (unpaired) electrons. The van der Waals surface area contributed by atoms with Crippen molar-refractivity contribution in [2.75, 3.05) is 19.7 Å². The van der Waals surface area contributed by atoms with E-state index >= 15 is 0 Å². The van der Waals surface area contributed by atoms with E-state index in [0.717, 1.165) is 16.9 Å². The molecule has 3 rings (SSSR count). The summed E-state index contributed by atoms with van der Waals surface area (Å²) in [5.41, 5.74) is 1.93. The number of aliphatic hydroxyl groups excluding tert-OH is 1. The lowest BCUT2D eigenvalue weighted by molar-refractivity contribution is -0.128. The first-order valence-corrected chi connectivity index (χ1v) is 6.11. The van der Waals surface area contributed by atoms with Gasteiger partial charge in [-0.15, -0.1) is 0 Å². The molecule has 1 fully saturated rings. The number of β-amino-alcohol motifs (C(OH)–C–C–N with tert-alkyl or cyclic N) is 1. The van der Waals surface area contributed by atoms with Crippen molar-refractivity contribution in [3.8, 4) is 0 Å². The second kappa shape index (κ2) is 4.42. The molecule has 94 valence electrons. The fourth-order valence-corrected chi connectivity index (χ4v) is 2.46. The maximum Gasteiger partial charge on any atom is 0.223 e. The third-order valence-corrected chi connectivity index (χ3v) is 3.38. The monoisotopic (exact) mass is 245 g/mol. The molecule has 1 saturated heterocycles. The van der Waals surface area contributed by atoms with Crippen molar-refractivity contribution in [1.82, 2.24) is 14.9 Å². The molecule has 1 amide bonds. The number of aromatic nitrogens is 2. The van der Waals surface area contributed by atoms with Crippen LogP contribution in [0.2, 0.25) is 0 Å². The highest BCUT2D eigenvalue weighted by Gasteiger charge is 2.31. The fourth-order valence-electron chi connectivity index (χ4n) is 2.46. The molecule has 1 aliphatic heterocycles. The average molecular weight is 245 g/mol. The van der Waals surface area contributed by atoms with Crippen LogP contribution in [0.25, 0.3) is 11.0 Å². The van der Waals surface area contributed by atoms with Crippen LogP contribution in [0, 0.1) is 0 Å². The standard InChI is InChI=1S/C13H15N3O2/c17-6-5-16-8-9(7-12(16)18)13-14-10-3-1-2-4-11(10)15-13/h1-4,9,17H,5-8H2,(H,14,15). The zero-order valence-corrected chi connectivity index (χ0v) is 9.97. The van der Waals surface area contributed by atoms with Crippen molar-refractivity contribution in [3.05, 3.63) is 30.1 Å². The Labute approximate surface area is 104 Å². The maximum absolute atomic E-state index is 11.7. The summed E-state index contributed by atoms with van der Waals surface area (Å²) < 4.78 is 0.